The van der Waals surface area contributed by atoms with Gasteiger partial charge in [-0.25, -0.2) is 0 Å². The highest BCUT2D eigenvalue weighted by Crippen LogP contribution is 2.18. The van der Waals surface area contributed by atoms with Crippen molar-refractivity contribution < 1.29 is 9.59 Å². The molecule has 0 saturated heterocycles. The Kier molecular flexibility index (Phi) is 5.72. The second-order valence-electron chi connectivity index (χ2n) is 6.94. The maximum atomic E-state index is 12.4. The fourth-order valence-corrected chi connectivity index (χ4v) is 2.63. The van der Waals surface area contributed by atoms with E-state index in [1.165, 1.54) is 0 Å². The largest absolute Gasteiger partial charge is 0.352 e. The average molecular weight is 305 g/mol. The molecule has 0 unspecified atom stereocenters. The molecule has 0 saturated carbocycles. The molecule has 5 nitrogen and oxygen atoms in total. The van der Waals surface area contributed by atoms with Crippen molar-refractivity contribution in [1.82, 2.24) is 10.6 Å². The van der Waals surface area contributed by atoms with Crippen molar-refractivity contribution in [2.75, 3.05) is 6.54 Å². The van der Waals surface area contributed by atoms with E-state index in [9.17, 15) is 9.59 Å². The quantitative estimate of drug-likeness (QED) is 0.752. The molecule has 0 bridgehead atoms. The summed E-state index contributed by atoms with van der Waals surface area (Å²) in [6, 6.07) is 6.70. The van der Waals surface area contributed by atoms with Crippen LogP contribution in [0.5, 0.6) is 0 Å². The summed E-state index contributed by atoms with van der Waals surface area (Å²) in [7, 11) is 0. The van der Waals surface area contributed by atoms with E-state index in [1.54, 1.807) is 24.3 Å². The Labute approximate surface area is 132 Å². The van der Waals surface area contributed by atoms with Gasteiger partial charge in [0.1, 0.15) is 0 Å². The van der Waals surface area contributed by atoms with Gasteiger partial charge in [0.25, 0.3) is 11.8 Å². The zero-order valence-electron chi connectivity index (χ0n) is 14.1. The molecule has 22 heavy (non-hydrogen) atoms. The van der Waals surface area contributed by atoms with Gasteiger partial charge in [0.05, 0.1) is 0 Å². The van der Waals surface area contributed by atoms with Crippen molar-refractivity contribution in [3.63, 3.8) is 0 Å². The first-order valence-electron chi connectivity index (χ1n) is 7.54. The zero-order valence-corrected chi connectivity index (χ0v) is 14.1. The molecule has 0 fully saturated rings. The summed E-state index contributed by atoms with van der Waals surface area (Å²) < 4.78 is 0. The molecule has 0 aliphatic heterocycles. The van der Waals surface area contributed by atoms with Gasteiger partial charge >= 0.3 is 0 Å². The van der Waals surface area contributed by atoms with Crippen LogP contribution in [0, 0.1) is 0 Å². The molecule has 0 spiro atoms. The van der Waals surface area contributed by atoms with Gasteiger partial charge in [0.15, 0.2) is 0 Å². The molecule has 1 aromatic carbocycles. The zero-order chi connectivity index (χ0) is 17.0. The second kappa shape index (κ2) is 6.92. The van der Waals surface area contributed by atoms with Crippen molar-refractivity contribution in [2.24, 2.45) is 5.73 Å². The van der Waals surface area contributed by atoms with Crippen molar-refractivity contribution in [2.45, 2.75) is 52.1 Å². The predicted octanol–water partition coefficient (Wildman–Crippen LogP) is 2.07. The molecule has 122 valence electrons. The Bertz CT molecular complexity index is 545. The number of hydrogen-bond donors (Lipinski definition) is 3. The summed E-state index contributed by atoms with van der Waals surface area (Å²) in [6.07, 6.45) is 0.641. The van der Waals surface area contributed by atoms with Crippen LogP contribution in [0.3, 0.4) is 0 Å². The standard InChI is InChI=1S/C17H27N3O2/c1-6-19-14(21)12-8-7-9-13(10-12)15(22)20-17(4,5)11-16(2,3)18/h7-10H,6,11,18H2,1-5H3,(H,19,21)(H,20,22). The molecule has 4 N–H and O–H groups in total. The predicted molar refractivity (Wildman–Crippen MR) is 88.9 cm³/mol. The third-order valence-corrected chi connectivity index (χ3v) is 3.07. The van der Waals surface area contributed by atoms with Gasteiger partial charge in [-0.2, -0.15) is 0 Å². The molecule has 1 rings (SSSR count). The van der Waals surface area contributed by atoms with Crippen LogP contribution >= 0.6 is 0 Å². The van der Waals surface area contributed by atoms with Crippen LogP contribution in [0.2, 0.25) is 0 Å². The van der Waals surface area contributed by atoms with Gasteiger partial charge in [-0.3, -0.25) is 9.59 Å². The maximum Gasteiger partial charge on any atom is 0.251 e. The van der Waals surface area contributed by atoms with E-state index in [0.717, 1.165) is 0 Å². The fraction of sp³-hybridized carbons (Fsp3) is 0.529. The summed E-state index contributed by atoms with van der Waals surface area (Å²) in [5.74, 6) is -0.389. The molecule has 0 aliphatic rings. The Hall–Kier alpha value is -1.88. The van der Waals surface area contributed by atoms with Crippen molar-refractivity contribution in [1.29, 1.82) is 0 Å². The Morgan fingerprint density at radius 3 is 2.14 bits per heavy atom. The number of hydrogen-bond acceptors (Lipinski definition) is 3. The molecule has 0 aliphatic carbocycles. The van der Waals surface area contributed by atoms with Crippen molar-refractivity contribution >= 4 is 11.8 Å². The van der Waals surface area contributed by atoms with Crippen molar-refractivity contribution in [3.8, 4) is 0 Å². The van der Waals surface area contributed by atoms with E-state index in [0.29, 0.717) is 24.1 Å². The van der Waals surface area contributed by atoms with E-state index in [4.69, 9.17) is 5.73 Å². The monoisotopic (exact) mass is 305 g/mol. The minimum atomic E-state index is -0.434. The van der Waals surface area contributed by atoms with Crippen LogP contribution in [-0.2, 0) is 0 Å². The molecule has 2 amide bonds. The lowest BCUT2D eigenvalue weighted by atomic mass is 9.87. The minimum Gasteiger partial charge on any atom is -0.352 e. The Morgan fingerprint density at radius 2 is 1.64 bits per heavy atom. The minimum absolute atomic E-state index is 0.181. The van der Waals surface area contributed by atoms with Gasteiger partial charge in [-0.1, -0.05) is 6.07 Å². The summed E-state index contributed by atoms with van der Waals surface area (Å²) >= 11 is 0. The first kappa shape index (κ1) is 18.2. The molecule has 0 atom stereocenters. The maximum absolute atomic E-state index is 12.4. The normalized spacial score (nSPS) is 11.9. The highest BCUT2D eigenvalue weighted by molar-refractivity contribution is 5.99. The number of nitrogens with two attached hydrogens (primary N) is 1. The number of amides is 2. The summed E-state index contributed by atoms with van der Waals surface area (Å²) in [6.45, 7) is 10.1. The van der Waals surface area contributed by atoms with Crippen LogP contribution in [0.25, 0.3) is 0 Å². The molecule has 5 heteroatoms. The van der Waals surface area contributed by atoms with Crippen molar-refractivity contribution in [3.05, 3.63) is 35.4 Å². The van der Waals surface area contributed by atoms with Gasteiger partial charge < -0.3 is 16.4 Å². The number of rotatable bonds is 6. The van der Waals surface area contributed by atoms with Crippen LogP contribution in [0.4, 0.5) is 0 Å². The van der Waals surface area contributed by atoms with E-state index >= 15 is 0 Å². The SMILES string of the molecule is CCNC(=O)c1cccc(C(=O)NC(C)(C)CC(C)(C)N)c1. The van der Waals surface area contributed by atoms with Crippen LogP contribution < -0.4 is 16.4 Å². The third-order valence-electron chi connectivity index (χ3n) is 3.07. The lowest BCUT2D eigenvalue weighted by Gasteiger charge is -2.33. The molecular weight excluding hydrogens is 278 g/mol. The molecule has 0 aromatic heterocycles. The van der Waals surface area contributed by atoms with Crippen LogP contribution in [0.1, 0.15) is 61.8 Å². The third kappa shape index (κ3) is 5.85. The molecular formula is C17H27N3O2. The number of benzene rings is 1. The smallest absolute Gasteiger partial charge is 0.251 e. The van der Waals surface area contributed by atoms with E-state index < -0.39 is 5.54 Å². The summed E-state index contributed by atoms with van der Waals surface area (Å²) in [5.41, 5.74) is 6.16. The highest BCUT2D eigenvalue weighted by atomic mass is 16.2. The molecule has 0 radical (unpaired) electrons. The first-order valence-corrected chi connectivity index (χ1v) is 7.54. The molecule has 0 heterocycles. The second-order valence-corrected chi connectivity index (χ2v) is 6.94. The van der Waals surface area contributed by atoms with E-state index in [-0.39, 0.29) is 17.4 Å². The fourth-order valence-electron chi connectivity index (χ4n) is 2.63. The Morgan fingerprint density at radius 1 is 1.09 bits per heavy atom. The van der Waals surface area contributed by atoms with E-state index in [2.05, 4.69) is 10.6 Å². The average Bonchev–Trinajstić information content (AvgIpc) is 2.35. The Balaban J connectivity index is 2.86. The van der Waals surface area contributed by atoms with Gasteiger partial charge in [-0.05, 0) is 59.2 Å². The van der Waals surface area contributed by atoms with Crippen LogP contribution in [0.15, 0.2) is 24.3 Å². The van der Waals surface area contributed by atoms with Gasteiger partial charge in [-0.15, -0.1) is 0 Å². The number of carbonyl (C=O) groups is 2. The first-order chi connectivity index (χ1) is 10.0. The number of nitrogens with one attached hydrogen (secondary N) is 2. The van der Waals surface area contributed by atoms with Gasteiger partial charge in [0, 0.05) is 28.7 Å². The van der Waals surface area contributed by atoms with E-state index in [1.807, 2.05) is 34.6 Å². The molecule has 1 aromatic rings. The van der Waals surface area contributed by atoms with Crippen LogP contribution in [-0.4, -0.2) is 29.4 Å². The lowest BCUT2D eigenvalue weighted by Crippen LogP contribution is -2.50. The topological polar surface area (TPSA) is 84.2 Å². The summed E-state index contributed by atoms with van der Waals surface area (Å²) in [4.78, 5) is 24.2. The summed E-state index contributed by atoms with van der Waals surface area (Å²) in [5, 5.41) is 5.70. The van der Waals surface area contributed by atoms with Gasteiger partial charge in [0.2, 0.25) is 0 Å². The number of carbonyl (C=O) groups excluding carboxylic acids is 2. The lowest BCUT2D eigenvalue weighted by molar-refractivity contribution is 0.0901. The highest BCUT2D eigenvalue weighted by Gasteiger charge is 2.27.